The van der Waals surface area contributed by atoms with Crippen LogP contribution in [0.5, 0.6) is 5.75 Å². The molecule has 0 bridgehead atoms. The summed E-state index contributed by atoms with van der Waals surface area (Å²) in [4.78, 5) is 4.18. The molecule has 1 heterocycles. The van der Waals surface area contributed by atoms with E-state index < -0.39 is 0 Å². The quantitative estimate of drug-likeness (QED) is 0.399. The van der Waals surface area contributed by atoms with Crippen LogP contribution in [-0.2, 0) is 0 Å². The zero-order chi connectivity index (χ0) is 11.6. The number of rotatable bonds is 8. The van der Waals surface area contributed by atoms with E-state index in [9.17, 15) is 0 Å². The molecule has 0 aliphatic rings. The number of ether oxygens (including phenoxy) is 1. The molecule has 3 heteroatoms. The van der Waals surface area contributed by atoms with Crippen LogP contribution in [0, 0.1) is 3.70 Å². The number of halogens is 1. The molecule has 1 rings (SSSR count). The number of nitrogens with zero attached hydrogens (tertiary/aromatic N) is 1. The van der Waals surface area contributed by atoms with Gasteiger partial charge in [-0.15, -0.1) is 0 Å². The van der Waals surface area contributed by atoms with Crippen molar-refractivity contribution in [3.05, 3.63) is 22.0 Å². The van der Waals surface area contributed by atoms with Gasteiger partial charge >= 0.3 is 0 Å². The maximum atomic E-state index is 5.60. The first-order valence-electron chi connectivity index (χ1n) is 6.07. The normalized spacial score (nSPS) is 10.4. The molecular formula is C13H20INO. The number of pyridine rings is 1. The van der Waals surface area contributed by atoms with Crippen molar-refractivity contribution < 1.29 is 4.74 Å². The van der Waals surface area contributed by atoms with Crippen molar-refractivity contribution in [1.82, 2.24) is 4.98 Å². The molecule has 0 aliphatic heterocycles. The summed E-state index contributed by atoms with van der Waals surface area (Å²) in [6.07, 6.45) is 9.59. The zero-order valence-electron chi connectivity index (χ0n) is 9.92. The van der Waals surface area contributed by atoms with Gasteiger partial charge < -0.3 is 4.74 Å². The molecule has 1 aromatic rings. The Kier molecular flexibility index (Phi) is 7.55. The molecule has 0 amide bonds. The topological polar surface area (TPSA) is 22.1 Å². The van der Waals surface area contributed by atoms with Crippen LogP contribution in [-0.4, -0.2) is 11.6 Å². The van der Waals surface area contributed by atoms with E-state index in [1.165, 1.54) is 32.1 Å². The Morgan fingerprint density at radius 3 is 2.56 bits per heavy atom. The van der Waals surface area contributed by atoms with Crippen LogP contribution in [0.2, 0.25) is 0 Å². The Hall–Kier alpha value is -0.320. The van der Waals surface area contributed by atoms with Gasteiger partial charge in [0, 0.05) is 0 Å². The molecule has 90 valence electrons. The molecule has 0 aromatic carbocycles. The second kappa shape index (κ2) is 8.79. The van der Waals surface area contributed by atoms with Gasteiger partial charge in [0.25, 0.3) is 0 Å². The van der Waals surface area contributed by atoms with Gasteiger partial charge in [-0.25, -0.2) is 4.98 Å². The predicted octanol–water partition coefficient (Wildman–Crippen LogP) is 4.43. The lowest BCUT2D eigenvalue weighted by Crippen LogP contribution is -1.97. The van der Waals surface area contributed by atoms with E-state index in [1.54, 1.807) is 6.20 Å². The van der Waals surface area contributed by atoms with E-state index in [1.807, 2.05) is 12.1 Å². The molecule has 0 saturated heterocycles. The van der Waals surface area contributed by atoms with Crippen LogP contribution in [0.25, 0.3) is 0 Å². The number of hydrogen-bond acceptors (Lipinski definition) is 2. The molecule has 0 aliphatic carbocycles. The van der Waals surface area contributed by atoms with E-state index in [4.69, 9.17) is 4.74 Å². The SMILES string of the molecule is CCCCCCCCOc1ccc(I)nc1. The van der Waals surface area contributed by atoms with Crippen molar-refractivity contribution in [1.29, 1.82) is 0 Å². The van der Waals surface area contributed by atoms with Gasteiger partial charge in [0.1, 0.15) is 9.45 Å². The Labute approximate surface area is 112 Å². The molecule has 0 radical (unpaired) electrons. The zero-order valence-corrected chi connectivity index (χ0v) is 12.1. The second-order valence-electron chi connectivity index (χ2n) is 3.93. The lowest BCUT2D eigenvalue weighted by atomic mass is 10.1. The molecular weight excluding hydrogens is 313 g/mol. The molecule has 16 heavy (non-hydrogen) atoms. The van der Waals surface area contributed by atoms with Gasteiger partial charge in [0.15, 0.2) is 0 Å². The summed E-state index contributed by atoms with van der Waals surface area (Å²) in [7, 11) is 0. The number of unbranched alkanes of at least 4 members (excludes halogenated alkanes) is 5. The molecule has 1 aromatic heterocycles. The first kappa shape index (κ1) is 13.7. The lowest BCUT2D eigenvalue weighted by Gasteiger charge is -2.05. The Balaban J connectivity index is 2.01. The van der Waals surface area contributed by atoms with Gasteiger partial charge in [0.2, 0.25) is 0 Å². The summed E-state index contributed by atoms with van der Waals surface area (Å²) in [6.45, 7) is 3.06. The van der Waals surface area contributed by atoms with Crippen LogP contribution in [0.4, 0.5) is 0 Å². The van der Waals surface area contributed by atoms with E-state index in [0.29, 0.717) is 0 Å². The van der Waals surface area contributed by atoms with Gasteiger partial charge in [-0.05, 0) is 41.1 Å². The first-order valence-corrected chi connectivity index (χ1v) is 7.15. The average molecular weight is 333 g/mol. The van der Waals surface area contributed by atoms with Crippen LogP contribution in [0.1, 0.15) is 45.4 Å². The van der Waals surface area contributed by atoms with Crippen molar-refractivity contribution in [3.8, 4) is 5.75 Å². The summed E-state index contributed by atoms with van der Waals surface area (Å²) < 4.78 is 6.61. The third-order valence-corrected chi connectivity index (χ3v) is 3.10. The fourth-order valence-electron chi connectivity index (χ4n) is 1.52. The molecule has 0 fully saturated rings. The summed E-state index contributed by atoms with van der Waals surface area (Å²) >= 11 is 2.19. The number of aromatic nitrogens is 1. The third kappa shape index (κ3) is 6.30. The van der Waals surface area contributed by atoms with E-state index >= 15 is 0 Å². The van der Waals surface area contributed by atoms with Crippen molar-refractivity contribution >= 4 is 22.6 Å². The van der Waals surface area contributed by atoms with Crippen LogP contribution >= 0.6 is 22.6 Å². The largest absolute Gasteiger partial charge is 0.492 e. The van der Waals surface area contributed by atoms with Gasteiger partial charge in [-0.1, -0.05) is 39.0 Å². The van der Waals surface area contributed by atoms with Crippen molar-refractivity contribution in [2.24, 2.45) is 0 Å². The maximum Gasteiger partial charge on any atom is 0.137 e. The molecule has 0 atom stereocenters. The summed E-state index contributed by atoms with van der Waals surface area (Å²) in [5, 5.41) is 0. The minimum atomic E-state index is 0.814. The summed E-state index contributed by atoms with van der Waals surface area (Å²) in [5.41, 5.74) is 0. The fraction of sp³-hybridized carbons (Fsp3) is 0.615. The second-order valence-corrected chi connectivity index (χ2v) is 5.04. The highest BCUT2D eigenvalue weighted by molar-refractivity contribution is 14.1. The minimum Gasteiger partial charge on any atom is -0.492 e. The molecule has 0 N–H and O–H groups in total. The molecule has 0 spiro atoms. The van der Waals surface area contributed by atoms with E-state index in [0.717, 1.165) is 22.5 Å². The summed E-state index contributed by atoms with van der Waals surface area (Å²) in [6, 6.07) is 3.95. The maximum absolute atomic E-state index is 5.60. The van der Waals surface area contributed by atoms with Crippen molar-refractivity contribution in [2.45, 2.75) is 45.4 Å². The molecule has 0 saturated carbocycles. The van der Waals surface area contributed by atoms with Gasteiger partial charge in [-0.2, -0.15) is 0 Å². The van der Waals surface area contributed by atoms with Crippen LogP contribution < -0.4 is 4.74 Å². The highest BCUT2D eigenvalue weighted by atomic mass is 127. The molecule has 2 nitrogen and oxygen atoms in total. The molecule has 0 unspecified atom stereocenters. The van der Waals surface area contributed by atoms with E-state index in [2.05, 4.69) is 34.5 Å². The van der Waals surface area contributed by atoms with Gasteiger partial charge in [0.05, 0.1) is 12.8 Å². The Bertz CT molecular complexity index is 274. The Morgan fingerprint density at radius 1 is 1.12 bits per heavy atom. The Morgan fingerprint density at radius 2 is 1.88 bits per heavy atom. The van der Waals surface area contributed by atoms with E-state index in [-0.39, 0.29) is 0 Å². The third-order valence-electron chi connectivity index (χ3n) is 2.47. The summed E-state index contributed by atoms with van der Waals surface area (Å²) in [5.74, 6) is 0.883. The van der Waals surface area contributed by atoms with Crippen molar-refractivity contribution in [3.63, 3.8) is 0 Å². The first-order chi connectivity index (χ1) is 7.83. The van der Waals surface area contributed by atoms with Gasteiger partial charge in [-0.3, -0.25) is 0 Å². The highest BCUT2D eigenvalue weighted by Gasteiger charge is 1.95. The predicted molar refractivity (Wildman–Crippen MR) is 75.8 cm³/mol. The van der Waals surface area contributed by atoms with Crippen molar-refractivity contribution in [2.75, 3.05) is 6.61 Å². The standard InChI is InChI=1S/C13H20INO/c1-2-3-4-5-6-7-10-16-12-8-9-13(14)15-11-12/h8-9,11H,2-7,10H2,1H3. The lowest BCUT2D eigenvalue weighted by molar-refractivity contribution is 0.303. The van der Waals surface area contributed by atoms with Crippen LogP contribution in [0.3, 0.4) is 0 Å². The monoisotopic (exact) mass is 333 g/mol. The smallest absolute Gasteiger partial charge is 0.137 e. The van der Waals surface area contributed by atoms with Crippen LogP contribution in [0.15, 0.2) is 18.3 Å². The fourth-order valence-corrected chi connectivity index (χ4v) is 1.84. The minimum absolute atomic E-state index is 0.814. The number of hydrogen-bond donors (Lipinski definition) is 0. The highest BCUT2D eigenvalue weighted by Crippen LogP contribution is 2.11. The average Bonchev–Trinajstić information content (AvgIpc) is 2.30.